The monoisotopic (exact) mass is 508 g/mol. The smallest absolute Gasteiger partial charge is 0.328 e. The zero-order chi connectivity index (χ0) is 25.2. The molecule has 0 saturated carbocycles. The number of ether oxygens (including phenoxy) is 1. The molecule has 0 bridgehead atoms. The van der Waals surface area contributed by atoms with Gasteiger partial charge in [0.25, 0.3) is 11.1 Å². The van der Waals surface area contributed by atoms with Crippen LogP contribution in [0.25, 0.3) is 22.1 Å². The maximum atomic E-state index is 12.1. The first kappa shape index (κ1) is 27.2. The number of aryl methyl sites for hydroxylation is 2. The zero-order valence-corrected chi connectivity index (χ0v) is 20.5. The molecule has 0 fully saturated rings. The van der Waals surface area contributed by atoms with Gasteiger partial charge < -0.3 is 19.0 Å². The van der Waals surface area contributed by atoms with Crippen LogP contribution in [0, 0.1) is 0 Å². The number of carbonyl (C=O) groups is 2. The molecule has 1 N–H and O–H groups in total. The number of rotatable bonds is 4. The van der Waals surface area contributed by atoms with Crippen LogP contribution in [0.2, 0.25) is 0 Å². The molecule has 0 saturated heterocycles. The third-order valence-corrected chi connectivity index (χ3v) is 4.43. The van der Waals surface area contributed by atoms with Gasteiger partial charge in [-0.1, -0.05) is 0 Å². The lowest BCUT2D eigenvalue weighted by Gasteiger charge is -2.19. The minimum atomic E-state index is -1.11. The number of hydrogen-bond acceptors (Lipinski definition) is 9. The SMILES string of the molecule is Cl.Cn1cnc2cnn(CC(=O)O)c(=O)c21.Cn1cnc2cnn(CC(=O)OC(C)(C)C)c(=O)c21. The van der Waals surface area contributed by atoms with E-state index in [4.69, 9.17) is 9.84 Å². The molecule has 0 aliphatic rings. The van der Waals surface area contributed by atoms with Crippen molar-refractivity contribution in [1.82, 2.24) is 38.7 Å². The van der Waals surface area contributed by atoms with Crippen LogP contribution in [0.1, 0.15) is 20.8 Å². The van der Waals surface area contributed by atoms with Crippen LogP contribution >= 0.6 is 12.4 Å². The maximum absolute atomic E-state index is 12.1. The van der Waals surface area contributed by atoms with Gasteiger partial charge in [-0.25, -0.2) is 19.3 Å². The Bertz CT molecular complexity index is 1490. The molecule has 4 aromatic heterocycles. The maximum Gasteiger partial charge on any atom is 0.328 e. The van der Waals surface area contributed by atoms with E-state index < -0.39 is 29.6 Å². The first-order chi connectivity index (χ1) is 15.9. The summed E-state index contributed by atoms with van der Waals surface area (Å²) in [5, 5.41) is 16.2. The van der Waals surface area contributed by atoms with Crippen LogP contribution in [0.3, 0.4) is 0 Å². The van der Waals surface area contributed by atoms with Gasteiger partial charge in [0, 0.05) is 14.1 Å². The highest BCUT2D eigenvalue weighted by atomic mass is 35.5. The van der Waals surface area contributed by atoms with Crippen molar-refractivity contribution in [1.29, 1.82) is 0 Å². The van der Waals surface area contributed by atoms with Gasteiger partial charge in [0.15, 0.2) is 0 Å². The Morgan fingerprint density at radius 3 is 1.71 bits per heavy atom. The molecule has 4 rings (SSSR count). The van der Waals surface area contributed by atoms with Crippen molar-refractivity contribution in [3.8, 4) is 0 Å². The fourth-order valence-corrected chi connectivity index (χ4v) is 3.05. The third-order valence-electron chi connectivity index (χ3n) is 4.43. The summed E-state index contributed by atoms with van der Waals surface area (Å²) in [6, 6.07) is 0. The molecule has 4 heterocycles. The summed E-state index contributed by atoms with van der Waals surface area (Å²) in [4.78, 5) is 54.0. The van der Waals surface area contributed by atoms with Crippen LogP contribution in [0.15, 0.2) is 34.6 Å². The molecule has 15 heteroatoms. The van der Waals surface area contributed by atoms with Gasteiger partial charge in [0.2, 0.25) is 0 Å². The predicted octanol–water partition coefficient (Wildman–Crippen LogP) is 0.108. The fourth-order valence-electron chi connectivity index (χ4n) is 3.05. The molecule has 188 valence electrons. The molecular weight excluding hydrogens is 484 g/mol. The number of aliphatic carboxylic acids is 1. The Morgan fingerprint density at radius 1 is 0.886 bits per heavy atom. The van der Waals surface area contributed by atoms with Crippen molar-refractivity contribution in [2.75, 3.05) is 0 Å². The van der Waals surface area contributed by atoms with E-state index in [9.17, 15) is 19.2 Å². The second kappa shape index (κ2) is 10.5. The van der Waals surface area contributed by atoms with Crippen molar-refractivity contribution >= 4 is 46.4 Å². The first-order valence-corrected chi connectivity index (χ1v) is 10.1. The quantitative estimate of drug-likeness (QED) is 0.373. The average Bonchev–Trinajstić information content (AvgIpc) is 3.29. The number of fused-ring (bicyclic) bond motifs is 2. The lowest BCUT2D eigenvalue weighted by molar-refractivity contribution is -0.155. The minimum absolute atomic E-state index is 0. The van der Waals surface area contributed by atoms with Gasteiger partial charge in [0.05, 0.1) is 25.0 Å². The highest BCUT2D eigenvalue weighted by Gasteiger charge is 2.18. The predicted molar refractivity (Wildman–Crippen MR) is 126 cm³/mol. The number of esters is 1. The van der Waals surface area contributed by atoms with E-state index in [0.29, 0.717) is 22.1 Å². The highest BCUT2D eigenvalue weighted by molar-refractivity contribution is 5.85. The number of imidazole rings is 2. The van der Waals surface area contributed by atoms with Gasteiger partial charge in [-0.2, -0.15) is 10.2 Å². The lowest BCUT2D eigenvalue weighted by Crippen LogP contribution is -2.32. The summed E-state index contributed by atoms with van der Waals surface area (Å²) in [5.41, 5.74) is 0.345. The Kier molecular flexibility index (Phi) is 8.12. The number of hydrogen-bond donors (Lipinski definition) is 1. The summed E-state index contributed by atoms with van der Waals surface area (Å²) in [5.74, 6) is -1.60. The number of carbonyl (C=O) groups excluding carboxylic acids is 1. The summed E-state index contributed by atoms with van der Waals surface area (Å²) >= 11 is 0. The molecule has 0 spiro atoms. The summed E-state index contributed by atoms with van der Waals surface area (Å²) in [7, 11) is 3.39. The third kappa shape index (κ3) is 6.29. The molecule has 0 atom stereocenters. The number of carboxylic acids is 1. The van der Waals surface area contributed by atoms with Crippen LogP contribution in [-0.2, 0) is 41.5 Å². The van der Waals surface area contributed by atoms with Crippen molar-refractivity contribution in [2.24, 2.45) is 14.1 Å². The molecule has 0 radical (unpaired) electrons. The normalized spacial score (nSPS) is 11.0. The van der Waals surface area contributed by atoms with Gasteiger partial charge in [0.1, 0.15) is 40.8 Å². The van der Waals surface area contributed by atoms with Gasteiger partial charge in [-0.3, -0.25) is 19.2 Å². The zero-order valence-electron chi connectivity index (χ0n) is 19.7. The Morgan fingerprint density at radius 2 is 1.31 bits per heavy atom. The molecule has 0 aromatic carbocycles. The Balaban J connectivity index is 0.000000246. The number of halogens is 1. The van der Waals surface area contributed by atoms with Crippen LogP contribution in [-0.4, -0.2) is 61.3 Å². The standard InChI is InChI=1S/C12H16N4O3.C8H8N4O3.ClH/c1-12(2,3)19-9(17)6-16-11(18)10-8(5-14-16)13-7-15(10)4;1-11-4-9-5-2-10-12(3-6(13)14)8(15)7(5)11;/h5,7H,6H2,1-4H3;2,4H,3H2,1H3,(H,13,14);1H. The number of carboxylic acid groups (broad SMARTS) is 1. The van der Waals surface area contributed by atoms with Crippen LogP contribution in [0.4, 0.5) is 0 Å². The van der Waals surface area contributed by atoms with E-state index in [2.05, 4.69) is 20.2 Å². The van der Waals surface area contributed by atoms with E-state index in [1.165, 1.54) is 29.6 Å². The van der Waals surface area contributed by atoms with E-state index in [1.54, 1.807) is 39.4 Å². The van der Waals surface area contributed by atoms with Crippen molar-refractivity contribution in [3.05, 3.63) is 45.8 Å². The molecule has 4 aromatic rings. The fraction of sp³-hybridized carbons (Fsp3) is 0.400. The summed E-state index contributed by atoms with van der Waals surface area (Å²) in [6.07, 6.45) is 5.85. The Hall–Kier alpha value is -4.07. The van der Waals surface area contributed by atoms with E-state index in [-0.39, 0.29) is 24.5 Å². The van der Waals surface area contributed by atoms with E-state index in [0.717, 1.165) is 9.36 Å². The number of aromatic nitrogens is 8. The van der Waals surface area contributed by atoms with E-state index >= 15 is 0 Å². The molecule has 0 aliphatic carbocycles. The van der Waals surface area contributed by atoms with Gasteiger partial charge in [-0.05, 0) is 20.8 Å². The largest absolute Gasteiger partial charge is 0.480 e. The highest BCUT2D eigenvalue weighted by Crippen LogP contribution is 2.08. The second-order valence-electron chi connectivity index (χ2n) is 8.37. The van der Waals surface area contributed by atoms with Crippen LogP contribution < -0.4 is 11.1 Å². The van der Waals surface area contributed by atoms with E-state index in [1.807, 2.05) is 0 Å². The van der Waals surface area contributed by atoms with Crippen molar-refractivity contribution < 1.29 is 19.4 Å². The molecular formula is C20H25ClN8O6. The molecule has 0 unspecified atom stereocenters. The van der Waals surface area contributed by atoms with Crippen molar-refractivity contribution in [3.63, 3.8) is 0 Å². The minimum Gasteiger partial charge on any atom is -0.480 e. The van der Waals surface area contributed by atoms with Gasteiger partial charge in [-0.15, -0.1) is 12.4 Å². The number of nitrogens with zero attached hydrogens (tertiary/aromatic N) is 8. The average molecular weight is 509 g/mol. The Labute approximate surface area is 204 Å². The summed E-state index contributed by atoms with van der Waals surface area (Å²) < 4.78 is 10.3. The van der Waals surface area contributed by atoms with Crippen molar-refractivity contribution in [2.45, 2.75) is 39.5 Å². The molecule has 0 aliphatic heterocycles. The molecule has 14 nitrogen and oxygen atoms in total. The second-order valence-corrected chi connectivity index (χ2v) is 8.37. The molecule has 0 amide bonds. The summed E-state index contributed by atoms with van der Waals surface area (Å²) in [6.45, 7) is 4.65. The van der Waals surface area contributed by atoms with Crippen LogP contribution in [0.5, 0.6) is 0 Å². The molecule has 35 heavy (non-hydrogen) atoms. The topological polar surface area (TPSA) is 169 Å². The first-order valence-electron chi connectivity index (χ1n) is 10.1. The lowest BCUT2D eigenvalue weighted by atomic mass is 10.2. The van der Waals surface area contributed by atoms with Gasteiger partial charge >= 0.3 is 11.9 Å².